The minimum Gasteiger partial charge on any atom is -0.373 e. The third-order valence-corrected chi connectivity index (χ3v) is 8.56. The van der Waals surface area contributed by atoms with Crippen LogP contribution < -0.4 is 16.0 Å². The lowest BCUT2D eigenvalue weighted by Crippen LogP contribution is -2.63. The summed E-state index contributed by atoms with van der Waals surface area (Å²) in [6.45, 7) is 6.29. The Kier molecular flexibility index (Phi) is 7.82. The summed E-state index contributed by atoms with van der Waals surface area (Å²) in [4.78, 5) is 2.33. The second kappa shape index (κ2) is 10.6. The van der Waals surface area contributed by atoms with E-state index in [9.17, 15) is 8.42 Å². The average molecular weight is 546 g/mol. The number of hydrogen-bond donors (Lipinski definition) is 3. The number of anilines is 1. The number of nitrogens with zero attached hydrogens (tertiary/aromatic N) is 1. The van der Waals surface area contributed by atoms with Crippen LogP contribution in [0.3, 0.4) is 0 Å². The molecule has 2 aromatic rings. The van der Waals surface area contributed by atoms with Gasteiger partial charge in [-0.1, -0.05) is 52.3 Å². The first-order valence-corrected chi connectivity index (χ1v) is 14.4. The van der Waals surface area contributed by atoms with Crippen LogP contribution in [-0.2, 0) is 16.4 Å². The SMILES string of the molecule is CC(NCc1cccc(Br)c1)C1(Nc2ccccc2)C=C(N2CCNCC2)C=CC1S(C)(=O)=O. The first kappa shape index (κ1) is 25.0. The van der Waals surface area contributed by atoms with Crippen molar-refractivity contribution in [3.8, 4) is 0 Å². The van der Waals surface area contributed by atoms with Gasteiger partial charge in [-0.3, -0.25) is 0 Å². The van der Waals surface area contributed by atoms with Gasteiger partial charge in [0.15, 0.2) is 9.84 Å². The zero-order valence-corrected chi connectivity index (χ0v) is 22.1. The fourth-order valence-electron chi connectivity index (χ4n) is 4.78. The van der Waals surface area contributed by atoms with Gasteiger partial charge in [0, 0.05) is 60.9 Å². The van der Waals surface area contributed by atoms with Crippen molar-refractivity contribution in [2.45, 2.75) is 30.3 Å². The fraction of sp³-hybridized carbons (Fsp3) is 0.385. The third kappa shape index (κ3) is 5.74. The molecule has 6 nitrogen and oxygen atoms in total. The number of rotatable bonds is 8. The molecule has 2 aromatic carbocycles. The topological polar surface area (TPSA) is 73.5 Å². The van der Waals surface area contributed by atoms with E-state index in [2.05, 4.69) is 61.9 Å². The van der Waals surface area contributed by atoms with Gasteiger partial charge in [-0.2, -0.15) is 0 Å². The van der Waals surface area contributed by atoms with E-state index in [0.29, 0.717) is 6.54 Å². The molecule has 8 heteroatoms. The summed E-state index contributed by atoms with van der Waals surface area (Å²) in [5, 5.41) is 9.94. The molecule has 0 saturated carbocycles. The Morgan fingerprint density at radius 3 is 2.56 bits per heavy atom. The summed E-state index contributed by atoms with van der Waals surface area (Å²) in [7, 11) is -3.41. The van der Waals surface area contributed by atoms with Crippen molar-refractivity contribution in [2.24, 2.45) is 0 Å². The number of piperazine rings is 1. The Morgan fingerprint density at radius 2 is 1.88 bits per heavy atom. The lowest BCUT2D eigenvalue weighted by Gasteiger charge is -2.46. The highest BCUT2D eigenvalue weighted by molar-refractivity contribution is 9.10. The Morgan fingerprint density at radius 1 is 1.15 bits per heavy atom. The quantitative estimate of drug-likeness (QED) is 0.472. The smallest absolute Gasteiger partial charge is 0.156 e. The molecule has 3 unspecified atom stereocenters. The van der Waals surface area contributed by atoms with E-state index in [4.69, 9.17) is 0 Å². The summed E-state index contributed by atoms with van der Waals surface area (Å²) in [6.07, 6.45) is 7.30. The Bertz CT molecular complexity index is 1150. The number of halogens is 1. The van der Waals surface area contributed by atoms with E-state index in [-0.39, 0.29) is 6.04 Å². The molecule has 0 spiro atoms. The predicted octanol–water partition coefficient (Wildman–Crippen LogP) is 3.55. The first-order chi connectivity index (χ1) is 16.3. The van der Waals surface area contributed by atoms with Gasteiger partial charge in [-0.15, -0.1) is 0 Å². The highest BCUT2D eigenvalue weighted by Crippen LogP contribution is 2.35. The molecule has 4 rings (SSSR count). The van der Waals surface area contributed by atoms with Crippen LogP contribution in [-0.4, -0.2) is 62.6 Å². The molecule has 0 amide bonds. The number of sulfone groups is 1. The van der Waals surface area contributed by atoms with Crippen molar-refractivity contribution in [1.82, 2.24) is 15.5 Å². The second-order valence-electron chi connectivity index (χ2n) is 9.07. The monoisotopic (exact) mass is 544 g/mol. The lowest BCUT2D eigenvalue weighted by atomic mass is 9.82. The minimum absolute atomic E-state index is 0.200. The molecule has 2 aliphatic rings. The van der Waals surface area contributed by atoms with Crippen LogP contribution in [0.25, 0.3) is 0 Å². The van der Waals surface area contributed by atoms with E-state index < -0.39 is 20.6 Å². The zero-order valence-electron chi connectivity index (χ0n) is 19.7. The molecule has 1 aliphatic heterocycles. The van der Waals surface area contributed by atoms with Crippen LogP contribution in [0.15, 0.2) is 83.0 Å². The molecule has 1 fully saturated rings. The number of allylic oxidation sites excluding steroid dienone is 1. The fourth-order valence-corrected chi connectivity index (χ4v) is 6.63. The standard InChI is InChI=1S/C26H33BrN4O2S/c1-20(29-19-21-7-6-8-22(27)17-21)26(30-23-9-4-3-5-10-23)18-24(31-15-13-28-14-16-31)11-12-25(26)34(2,32)33/h3-12,17-18,20,25,28-30H,13-16,19H2,1-2H3. The van der Waals surface area contributed by atoms with Gasteiger partial charge in [-0.05, 0) is 48.9 Å². The van der Waals surface area contributed by atoms with Gasteiger partial charge in [0.05, 0.1) is 5.54 Å². The van der Waals surface area contributed by atoms with Crippen molar-refractivity contribution in [2.75, 3.05) is 37.8 Å². The van der Waals surface area contributed by atoms with Gasteiger partial charge < -0.3 is 20.9 Å². The second-order valence-corrected chi connectivity index (χ2v) is 12.2. The maximum Gasteiger partial charge on any atom is 0.156 e. The van der Waals surface area contributed by atoms with Gasteiger partial charge >= 0.3 is 0 Å². The highest BCUT2D eigenvalue weighted by atomic mass is 79.9. The van der Waals surface area contributed by atoms with Crippen LogP contribution in [0, 0.1) is 0 Å². The number of nitrogens with one attached hydrogen (secondary N) is 3. The van der Waals surface area contributed by atoms with Crippen molar-refractivity contribution >= 4 is 31.5 Å². The Hall–Kier alpha value is -2.13. The van der Waals surface area contributed by atoms with Gasteiger partial charge in [0.25, 0.3) is 0 Å². The van der Waals surface area contributed by atoms with Gasteiger partial charge in [0.2, 0.25) is 0 Å². The predicted molar refractivity (Wildman–Crippen MR) is 144 cm³/mol. The Balaban J connectivity index is 1.74. The van der Waals surface area contributed by atoms with Crippen LogP contribution >= 0.6 is 15.9 Å². The summed E-state index contributed by atoms with van der Waals surface area (Å²) >= 11 is 3.54. The molecule has 1 saturated heterocycles. The van der Waals surface area contributed by atoms with Crippen molar-refractivity contribution in [1.29, 1.82) is 0 Å². The van der Waals surface area contributed by atoms with E-state index in [1.165, 1.54) is 6.26 Å². The number of hydrogen-bond acceptors (Lipinski definition) is 6. The molecule has 0 radical (unpaired) electrons. The van der Waals surface area contributed by atoms with Crippen LogP contribution in [0.5, 0.6) is 0 Å². The molecule has 0 aromatic heterocycles. The van der Waals surface area contributed by atoms with Crippen molar-refractivity contribution in [3.05, 3.63) is 88.6 Å². The molecule has 3 atom stereocenters. The molecule has 34 heavy (non-hydrogen) atoms. The third-order valence-electron chi connectivity index (χ3n) is 6.60. The molecule has 3 N–H and O–H groups in total. The van der Waals surface area contributed by atoms with Crippen LogP contribution in [0.4, 0.5) is 5.69 Å². The average Bonchev–Trinajstić information content (AvgIpc) is 2.83. The van der Waals surface area contributed by atoms with E-state index in [1.54, 1.807) is 0 Å². The summed E-state index contributed by atoms with van der Waals surface area (Å²) in [6, 6.07) is 17.8. The molecule has 0 bridgehead atoms. The van der Waals surface area contributed by atoms with Gasteiger partial charge in [-0.25, -0.2) is 8.42 Å². The van der Waals surface area contributed by atoms with E-state index in [1.807, 2.05) is 54.6 Å². The highest BCUT2D eigenvalue weighted by Gasteiger charge is 2.48. The maximum absolute atomic E-state index is 13.1. The summed E-state index contributed by atoms with van der Waals surface area (Å²) in [5.41, 5.74) is 2.19. The van der Waals surface area contributed by atoms with Crippen molar-refractivity contribution < 1.29 is 8.42 Å². The van der Waals surface area contributed by atoms with Crippen LogP contribution in [0.2, 0.25) is 0 Å². The summed E-state index contributed by atoms with van der Waals surface area (Å²) < 4.78 is 27.3. The summed E-state index contributed by atoms with van der Waals surface area (Å²) in [5.74, 6) is 0. The number of benzene rings is 2. The normalized spacial score (nSPS) is 23.9. The van der Waals surface area contributed by atoms with E-state index in [0.717, 1.165) is 47.6 Å². The van der Waals surface area contributed by atoms with Gasteiger partial charge in [0.1, 0.15) is 5.25 Å². The van der Waals surface area contributed by atoms with Crippen molar-refractivity contribution in [3.63, 3.8) is 0 Å². The first-order valence-electron chi connectivity index (χ1n) is 11.6. The molecule has 1 aliphatic carbocycles. The maximum atomic E-state index is 13.1. The molecule has 1 heterocycles. The molecular weight excluding hydrogens is 512 g/mol. The molecule has 182 valence electrons. The lowest BCUT2D eigenvalue weighted by molar-refractivity contribution is 0.297. The zero-order chi connectivity index (χ0) is 24.2. The van der Waals surface area contributed by atoms with E-state index >= 15 is 0 Å². The Labute approximate surface area is 211 Å². The largest absolute Gasteiger partial charge is 0.373 e. The minimum atomic E-state index is -3.41. The molecular formula is C26H33BrN4O2S. The van der Waals surface area contributed by atoms with Crippen LogP contribution in [0.1, 0.15) is 12.5 Å². The number of para-hydroxylation sites is 1.